The van der Waals surface area contributed by atoms with Gasteiger partial charge < -0.3 is 10.0 Å². The summed E-state index contributed by atoms with van der Waals surface area (Å²) in [5.41, 5.74) is -0.464. The van der Waals surface area contributed by atoms with Crippen molar-refractivity contribution in [2.45, 2.75) is 25.3 Å². The standard InChI is InChI=1S/C14H14F2N2O3/c15-10-9(4-5-17-12(10)16)13(19)18-6-7-2-1-3-8(7)11(18)14(20)21/h4-5,7-8,11H,1-3,6H2,(H,20,21). The van der Waals surface area contributed by atoms with E-state index in [0.717, 1.165) is 36.4 Å². The van der Waals surface area contributed by atoms with Crippen molar-refractivity contribution >= 4 is 11.9 Å². The van der Waals surface area contributed by atoms with Crippen LogP contribution in [0.25, 0.3) is 0 Å². The molecule has 7 heteroatoms. The lowest BCUT2D eigenvalue weighted by Crippen LogP contribution is -2.43. The van der Waals surface area contributed by atoms with E-state index >= 15 is 0 Å². The van der Waals surface area contributed by atoms with Crippen LogP contribution in [0.15, 0.2) is 12.3 Å². The van der Waals surface area contributed by atoms with Crippen molar-refractivity contribution in [3.05, 3.63) is 29.6 Å². The number of amides is 1. The molecule has 1 aromatic heterocycles. The number of carbonyl (C=O) groups excluding carboxylic acids is 1. The molecule has 0 bridgehead atoms. The largest absolute Gasteiger partial charge is 0.480 e. The van der Waals surface area contributed by atoms with Crippen molar-refractivity contribution in [1.29, 1.82) is 0 Å². The number of nitrogens with zero attached hydrogens (tertiary/aromatic N) is 2. The highest BCUT2D eigenvalue weighted by atomic mass is 19.2. The van der Waals surface area contributed by atoms with Crippen LogP contribution in [0.5, 0.6) is 0 Å². The number of hydrogen-bond acceptors (Lipinski definition) is 3. The van der Waals surface area contributed by atoms with E-state index in [2.05, 4.69) is 4.98 Å². The summed E-state index contributed by atoms with van der Waals surface area (Å²) in [7, 11) is 0. The number of aliphatic carboxylic acids is 1. The zero-order valence-corrected chi connectivity index (χ0v) is 11.1. The molecule has 3 unspecified atom stereocenters. The molecule has 1 aromatic rings. The third kappa shape index (κ3) is 2.16. The average molecular weight is 296 g/mol. The van der Waals surface area contributed by atoms with Gasteiger partial charge in [0.15, 0.2) is 5.82 Å². The van der Waals surface area contributed by atoms with Crippen LogP contribution in [-0.2, 0) is 4.79 Å². The number of pyridine rings is 1. The second-order valence-corrected chi connectivity index (χ2v) is 5.56. The maximum Gasteiger partial charge on any atom is 0.326 e. The van der Waals surface area contributed by atoms with Gasteiger partial charge in [-0.2, -0.15) is 4.39 Å². The van der Waals surface area contributed by atoms with E-state index in [4.69, 9.17) is 0 Å². The second-order valence-electron chi connectivity index (χ2n) is 5.56. The lowest BCUT2D eigenvalue weighted by Gasteiger charge is -2.24. The normalized spacial score (nSPS) is 27.7. The molecule has 3 atom stereocenters. The first-order valence-corrected chi connectivity index (χ1v) is 6.84. The third-order valence-corrected chi connectivity index (χ3v) is 4.48. The fourth-order valence-corrected chi connectivity index (χ4v) is 3.57. The van der Waals surface area contributed by atoms with Crippen LogP contribution in [0.4, 0.5) is 8.78 Å². The number of carboxylic acids is 1. The van der Waals surface area contributed by atoms with Crippen molar-refractivity contribution in [3.63, 3.8) is 0 Å². The van der Waals surface area contributed by atoms with E-state index < -0.39 is 35.2 Å². The van der Waals surface area contributed by atoms with Crippen molar-refractivity contribution in [1.82, 2.24) is 9.88 Å². The quantitative estimate of drug-likeness (QED) is 0.843. The second kappa shape index (κ2) is 5.05. The van der Waals surface area contributed by atoms with Crippen LogP contribution in [-0.4, -0.2) is 39.5 Å². The number of likely N-dealkylation sites (tertiary alicyclic amines) is 1. The van der Waals surface area contributed by atoms with Gasteiger partial charge in [-0.1, -0.05) is 6.42 Å². The van der Waals surface area contributed by atoms with E-state index in [1.54, 1.807) is 0 Å². The summed E-state index contributed by atoms with van der Waals surface area (Å²) in [6, 6.07) is 0.119. The van der Waals surface area contributed by atoms with E-state index in [-0.39, 0.29) is 18.4 Å². The Morgan fingerprint density at radius 2 is 2.10 bits per heavy atom. The number of aromatic nitrogens is 1. The van der Waals surface area contributed by atoms with Crippen LogP contribution < -0.4 is 0 Å². The SMILES string of the molecule is O=C(O)C1C2CCCC2CN1C(=O)c1ccnc(F)c1F. The highest BCUT2D eigenvalue weighted by Crippen LogP contribution is 2.42. The average Bonchev–Trinajstić information content (AvgIpc) is 3.00. The molecular weight excluding hydrogens is 282 g/mol. The summed E-state index contributed by atoms with van der Waals surface area (Å²) in [6.07, 6.45) is 3.56. The molecule has 2 fully saturated rings. The Morgan fingerprint density at radius 1 is 1.33 bits per heavy atom. The maximum atomic E-state index is 13.7. The summed E-state index contributed by atoms with van der Waals surface area (Å²) in [5, 5.41) is 9.38. The van der Waals surface area contributed by atoms with E-state index in [9.17, 15) is 23.5 Å². The first-order valence-electron chi connectivity index (χ1n) is 6.84. The van der Waals surface area contributed by atoms with Gasteiger partial charge >= 0.3 is 5.97 Å². The fraction of sp³-hybridized carbons (Fsp3) is 0.500. The molecule has 0 aromatic carbocycles. The molecule has 0 spiro atoms. The lowest BCUT2D eigenvalue weighted by atomic mass is 9.94. The minimum Gasteiger partial charge on any atom is -0.480 e. The number of halogens is 2. The monoisotopic (exact) mass is 296 g/mol. The first-order chi connectivity index (χ1) is 10.0. The molecule has 0 radical (unpaired) electrons. The summed E-state index contributed by atoms with van der Waals surface area (Å²) in [6.45, 7) is 0.282. The Kier molecular flexibility index (Phi) is 3.35. The summed E-state index contributed by atoms with van der Waals surface area (Å²) in [5.74, 6) is -4.52. The highest BCUT2D eigenvalue weighted by Gasteiger charge is 2.50. The molecule has 112 valence electrons. The minimum atomic E-state index is -1.35. The third-order valence-electron chi connectivity index (χ3n) is 4.48. The van der Waals surface area contributed by atoms with Crippen molar-refractivity contribution in [2.75, 3.05) is 6.54 Å². The summed E-state index contributed by atoms with van der Waals surface area (Å²) >= 11 is 0. The van der Waals surface area contributed by atoms with Gasteiger partial charge in [0.25, 0.3) is 5.91 Å². The molecule has 2 aliphatic rings. The molecular formula is C14H14F2N2O3. The Balaban J connectivity index is 1.93. The molecule has 3 rings (SSSR count). The van der Waals surface area contributed by atoms with Gasteiger partial charge in [-0.15, -0.1) is 0 Å². The van der Waals surface area contributed by atoms with Gasteiger partial charge in [-0.25, -0.2) is 14.2 Å². The van der Waals surface area contributed by atoms with Crippen molar-refractivity contribution in [2.24, 2.45) is 11.8 Å². The smallest absolute Gasteiger partial charge is 0.326 e. The molecule has 21 heavy (non-hydrogen) atoms. The van der Waals surface area contributed by atoms with Gasteiger partial charge in [-0.3, -0.25) is 4.79 Å². The van der Waals surface area contributed by atoms with Crippen LogP contribution in [0.1, 0.15) is 29.6 Å². The van der Waals surface area contributed by atoms with E-state index in [1.807, 2.05) is 0 Å². The molecule has 1 amide bonds. The maximum absolute atomic E-state index is 13.7. The van der Waals surface area contributed by atoms with Gasteiger partial charge in [0.2, 0.25) is 5.95 Å². The molecule has 1 saturated heterocycles. The number of hydrogen-bond donors (Lipinski definition) is 1. The topological polar surface area (TPSA) is 70.5 Å². The van der Waals surface area contributed by atoms with E-state index in [0.29, 0.717) is 0 Å². The highest BCUT2D eigenvalue weighted by molar-refractivity contribution is 5.97. The molecule has 2 heterocycles. The van der Waals surface area contributed by atoms with Crippen LogP contribution in [0.2, 0.25) is 0 Å². The Morgan fingerprint density at radius 3 is 2.81 bits per heavy atom. The molecule has 1 N–H and O–H groups in total. The lowest BCUT2D eigenvalue weighted by molar-refractivity contribution is -0.142. The van der Waals surface area contributed by atoms with Crippen LogP contribution in [0.3, 0.4) is 0 Å². The Hall–Kier alpha value is -2.05. The molecule has 1 saturated carbocycles. The Bertz CT molecular complexity index is 608. The van der Waals surface area contributed by atoms with E-state index in [1.165, 1.54) is 0 Å². The van der Waals surface area contributed by atoms with Gasteiger partial charge in [0, 0.05) is 12.7 Å². The van der Waals surface area contributed by atoms with Crippen molar-refractivity contribution in [3.8, 4) is 0 Å². The van der Waals surface area contributed by atoms with Gasteiger partial charge in [-0.05, 0) is 30.7 Å². The number of carboxylic acid groups (broad SMARTS) is 1. The Labute approximate surface area is 119 Å². The van der Waals surface area contributed by atoms with Gasteiger partial charge in [0.1, 0.15) is 6.04 Å². The fourth-order valence-electron chi connectivity index (χ4n) is 3.57. The van der Waals surface area contributed by atoms with Crippen LogP contribution >= 0.6 is 0 Å². The first kappa shape index (κ1) is 13.9. The van der Waals surface area contributed by atoms with Crippen LogP contribution in [0, 0.1) is 23.6 Å². The summed E-state index contributed by atoms with van der Waals surface area (Å²) in [4.78, 5) is 28.2. The van der Waals surface area contributed by atoms with Gasteiger partial charge in [0.05, 0.1) is 5.56 Å². The van der Waals surface area contributed by atoms with Crippen molar-refractivity contribution < 1.29 is 23.5 Å². The predicted molar refractivity (Wildman–Crippen MR) is 67.4 cm³/mol. The number of fused-ring (bicyclic) bond motifs is 1. The zero-order chi connectivity index (χ0) is 15.1. The zero-order valence-electron chi connectivity index (χ0n) is 11.1. The minimum absolute atomic E-state index is 0.0961. The molecule has 5 nitrogen and oxygen atoms in total. The molecule has 1 aliphatic carbocycles. The molecule has 1 aliphatic heterocycles. The number of carbonyl (C=O) groups is 2. The number of rotatable bonds is 2. The summed E-state index contributed by atoms with van der Waals surface area (Å²) < 4.78 is 26.8. The predicted octanol–water partition coefficient (Wildman–Crippen LogP) is 1.69.